The normalized spacial score (nSPS) is 37.6. The summed E-state index contributed by atoms with van der Waals surface area (Å²) in [6.45, 7) is 7.12. The zero-order valence-corrected chi connectivity index (χ0v) is 12.8. The standard InChI is InChI=1S/C12H25IN2/c1-9(2)10-6-11(14-4)8-12(3,7-10)15(5)13/h9-11,14H,6-8H2,1-5H3. The molecular weight excluding hydrogens is 299 g/mol. The van der Waals surface area contributed by atoms with E-state index in [1.165, 1.54) is 19.3 Å². The monoisotopic (exact) mass is 324 g/mol. The molecule has 1 rings (SSSR count). The zero-order chi connectivity index (χ0) is 11.6. The average Bonchev–Trinajstić information content (AvgIpc) is 2.16. The van der Waals surface area contributed by atoms with Crippen molar-refractivity contribution in [2.45, 2.75) is 51.6 Å². The van der Waals surface area contributed by atoms with Crippen LogP contribution in [0.25, 0.3) is 0 Å². The largest absolute Gasteiger partial charge is 0.317 e. The summed E-state index contributed by atoms with van der Waals surface area (Å²) < 4.78 is 2.38. The van der Waals surface area contributed by atoms with E-state index in [4.69, 9.17) is 0 Å². The molecule has 0 aromatic rings. The first-order valence-electron chi connectivity index (χ1n) is 5.96. The van der Waals surface area contributed by atoms with Crippen LogP contribution in [0, 0.1) is 11.8 Å². The second-order valence-corrected chi connectivity index (χ2v) is 7.06. The third kappa shape index (κ3) is 3.30. The van der Waals surface area contributed by atoms with Crippen molar-refractivity contribution >= 4 is 22.9 Å². The lowest BCUT2D eigenvalue weighted by molar-refractivity contribution is 0.104. The second kappa shape index (κ2) is 5.32. The lowest BCUT2D eigenvalue weighted by atomic mass is 9.70. The zero-order valence-electron chi connectivity index (χ0n) is 10.7. The van der Waals surface area contributed by atoms with Crippen LogP contribution in [0.4, 0.5) is 0 Å². The van der Waals surface area contributed by atoms with Gasteiger partial charge in [0, 0.05) is 34.4 Å². The summed E-state index contributed by atoms with van der Waals surface area (Å²) >= 11 is 2.44. The molecule has 3 unspecified atom stereocenters. The highest BCUT2D eigenvalue weighted by atomic mass is 127. The number of halogens is 1. The first kappa shape index (κ1) is 13.7. The molecule has 0 aromatic carbocycles. The van der Waals surface area contributed by atoms with Gasteiger partial charge in [0.15, 0.2) is 0 Å². The fraction of sp³-hybridized carbons (Fsp3) is 1.00. The topological polar surface area (TPSA) is 15.3 Å². The van der Waals surface area contributed by atoms with Crippen molar-refractivity contribution in [3.8, 4) is 0 Å². The molecule has 0 aliphatic heterocycles. The van der Waals surface area contributed by atoms with Gasteiger partial charge in [-0.15, -0.1) is 0 Å². The van der Waals surface area contributed by atoms with Crippen LogP contribution in [0.1, 0.15) is 40.0 Å². The number of hydrogen-bond donors (Lipinski definition) is 1. The Kier molecular flexibility index (Phi) is 4.86. The van der Waals surface area contributed by atoms with E-state index in [2.05, 4.69) is 66.2 Å². The summed E-state index contributed by atoms with van der Waals surface area (Å²) in [6.07, 6.45) is 3.95. The van der Waals surface area contributed by atoms with E-state index < -0.39 is 0 Å². The molecule has 90 valence electrons. The van der Waals surface area contributed by atoms with Crippen LogP contribution in [-0.2, 0) is 0 Å². The highest BCUT2D eigenvalue weighted by Gasteiger charge is 2.39. The molecule has 0 heterocycles. The van der Waals surface area contributed by atoms with Gasteiger partial charge >= 0.3 is 0 Å². The van der Waals surface area contributed by atoms with Crippen molar-refractivity contribution in [3.63, 3.8) is 0 Å². The molecule has 2 nitrogen and oxygen atoms in total. The Balaban J connectivity index is 2.75. The lowest BCUT2D eigenvalue weighted by Gasteiger charge is -2.46. The Morgan fingerprint density at radius 1 is 1.40 bits per heavy atom. The van der Waals surface area contributed by atoms with E-state index in [1.54, 1.807) is 0 Å². The van der Waals surface area contributed by atoms with Gasteiger partial charge in [-0.2, -0.15) is 0 Å². The van der Waals surface area contributed by atoms with Gasteiger partial charge in [-0.05, 0) is 52.1 Å². The van der Waals surface area contributed by atoms with Gasteiger partial charge in [0.1, 0.15) is 0 Å². The van der Waals surface area contributed by atoms with Crippen LogP contribution in [0.15, 0.2) is 0 Å². The number of rotatable bonds is 3. The molecule has 3 heteroatoms. The Hall–Kier alpha value is 0.650. The van der Waals surface area contributed by atoms with Crippen LogP contribution >= 0.6 is 22.9 Å². The van der Waals surface area contributed by atoms with E-state index in [0.29, 0.717) is 11.6 Å². The predicted octanol–water partition coefficient (Wildman–Crippen LogP) is 3.07. The van der Waals surface area contributed by atoms with Crippen molar-refractivity contribution in [1.82, 2.24) is 8.43 Å². The molecule has 1 fully saturated rings. The molecule has 1 aliphatic rings. The fourth-order valence-electron chi connectivity index (χ4n) is 2.69. The summed E-state index contributed by atoms with van der Waals surface area (Å²) in [5.74, 6) is 1.66. The predicted molar refractivity (Wildman–Crippen MR) is 75.2 cm³/mol. The minimum Gasteiger partial charge on any atom is -0.317 e. The van der Waals surface area contributed by atoms with Crippen LogP contribution in [0.3, 0.4) is 0 Å². The van der Waals surface area contributed by atoms with Crippen molar-refractivity contribution < 1.29 is 0 Å². The van der Waals surface area contributed by atoms with Crippen LogP contribution in [0.5, 0.6) is 0 Å². The maximum absolute atomic E-state index is 3.47. The number of hydrogen-bond acceptors (Lipinski definition) is 2. The molecule has 0 amide bonds. The maximum Gasteiger partial charge on any atom is 0.0291 e. The minimum absolute atomic E-state index is 0.363. The molecule has 0 saturated heterocycles. The van der Waals surface area contributed by atoms with Gasteiger partial charge in [0.05, 0.1) is 0 Å². The van der Waals surface area contributed by atoms with E-state index in [1.807, 2.05) is 0 Å². The lowest BCUT2D eigenvalue weighted by Crippen LogP contribution is -2.50. The van der Waals surface area contributed by atoms with Gasteiger partial charge in [0.25, 0.3) is 0 Å². The Bertz CT molecular complexity index is 206. The van der Waals surface area contributed by atoms with E-state index in [0.717, 1.165) is 11.8 Å². The summed E-state index contributed by atoms with van der Waals surface area (Å²) in [4.78, 5) is 0. The van der Waals surface area contributed by atoms with Crippen molar-refractivity contribution in [3.05, 3.63) is 0 Å². The highest BCUT2D eigenvalue weighted by molar-refractivity contribution is 14.1. The van der Waals surface area contributed by atoms with Gasteiger partial charge in [-0.1, -0.05) is 13.8 Å². The van der Waals surface area contributed by atoms with Gasteiger partial charge in [0.2, 0.25) is 0 Å². The fourth-order valence-corrected chi connectivity index (χ4v) is 3.08. The summed E-state index contributed by atoms with van der Waals surface area (Å²) in [5.41, 5.74) is 0.363. The molecule has 0 bridgehead atoms. The third-order valence-electron chi connectivity index (χ3n) is 4.07. The van der Waals surface area contributed by atoms with Gasteiger partial charge in [-0.3, -0.25) is 0 Å². The summed E-state index contributed by atoms with van der Waals surface area (Å²) in [7, 11) is 4.30. The quantitative estimate of drug-likeness (QED) is 0.634. The summed E-state index contributed by atoms with van der Waals surface area (Å²) in [5, 5.41) is 3.47. The van der Waals surface area contributed by atoms with Crippen molar-refractivity contribution in [1.29, 1.82) is 0 Å². The van der Waals surface area contributed by atoms with Gasteiger partial charge < -0.3 is 5.32 Å². The molecule has 1 saturated carbocycles. The Labute approximate surface area is 109 Å². The molecule has 0 aromatic heterocycles. The number of nitrogens with zero attached hydrogens (tertiary/aromatic N) is 1. The molecule has 1 aliphatic carbocycles. The number of nitrogens with one attached hydrogen (secondary N) is 1. The van der Waals surface area contributed by atoms with Crippen LogP contribution in [-0.4, -0.2) is 28.8 Å². The van der Waals surface area contributed by atoms with E-state index >= 15 is 0 Å². The molecule has 1 N–H and O–H groups in total. The molecular formula is C12H25IN2. The van der Waals surface area contributed by atoms with Crippen LogP contribution < -0.4 is 5.32 Å². The first-order valence-corrected chi connectivity index (χ1v) is 6.92. The minimum atomic E-state index is 0.363. The molecule has 0 radical (unpaired) electrons. The molecule has 0 spiro atoms. The average molecular weight is 324 g/mol. The Morgan fingerprint density at radius 3 is 2.40 bits per heavy atom. The maximum atomic E-state index is 3.47. The summed E-state index contributed by atoms with van der Waals surface area (Å²) in [6, 6.07) is 0.688. The van der Waals surface area contributed by atoms with E-state index in [-0.39, 0.29) is 0 Å². The van der Waals surface area contributed by atoms with Crippen LogP contribution in [0.2, 0.25) is 0 Å². The molecule has 3 atom stereocenters. The third-order valence-corrected chi connectivity index (χ3v) is 5.23. The van der Waals surface area contributed by atoms with E-state index in [9.17, 15) is 0 Å². The second-order valence-electron chi connectivity index (χ2n) is 5.61. The van der Waals surface area contributed by atoms with Crippen molar-refractivity contribution in [2.24, 2.45) is 11.8 Å². The molecule has 15 heavy (non-hydrogen) atoms. The Morgan fingerprint density at radius 2 is 2.00 bits per heavy atom. The van der Waals surface area contributed by atoms with Gasteiger partial charge in [-0.25, -0.2) is 3.11 Å². The SMILES string of the molecule is CNC1CC(C(C)C)CC(C)(N(C)I)C1. The smallest absolute Gasteiger partial charge is 0.0291 e. The van der Waals surface area contributed by atoms with Crippen molar-refractivity contribution in [2.75, 3.05) is 14.1 Å². The highest BCUT2D eigenvalue weighted by Crippen LogP contribution is 2.40. The first-order chi connectivity index (χ1) is 6.89.